The second-order valence-electron chi connectivity index (χ2n) is 4.77. The fourth-order valence-corrected chi connectivity index (χ4v) is 2.39. The normalized spacial score (nSPS) is 18.1. The van der Waals surface area contributed by atoms with Crippen LogP contribution in [0.4, 0.5) is 5.82 Å². The number of hydrogen-bond donors (Lipinski definition) is 1. The number of aromatic nitrogens is 2. The van der Waals surface area contributed by atoms with Crippen molar-refractivity contribution >= 4 is 5.82 Å². The third-order valence-electron chi connectivity index (χ3n) is 3.32. The van der Waals surface area contributed by atoms with E-state index >= 15 is 0 Å². The zero-order valence-electron chi connectivity index (χ0n) is 11.0. The average molecular weight is 255 g/mol. The maximum atomic E-state index is 5.77. The molecule has 98 valence electrons. The Morgan fingerprint density at radius 1 is 1.26 bits per heavy atom. The van der Waals surface area contributed by atoms with Crippen LogP contribution >= 0.6 is 0 Å². The van der Waals surface area contributed by atoms with Crippen LogP contribution in [-0.4, -0.2) is 16.6 Å². The molecule has 0 fully saturated rings. The van der Waals surface area contributed by atoms with Gasteiger partial charge in [0.05, 0.1) is 12.6 Å². The minimum Gasteiger partial charge on any atom is -0.493 e. The lowest BCUT2D eigenvalue weighted by atomic mass is 10.0. The van der Waals surface area contributed by atoms with Gasteiger partial charge in [0.2, 0.25) is 0 Å². The van der Waals surface area contributed by atoms with E-state index in [0.717, 1.165) is 36.7 Å². The first-order valence-corrected chi connectivity index (χ1v) is 6.60. The number of para-hydroxylation sites is 1. The van der Waals surface area contributed by atoms with Gasteiger partial charge in [0.25, 0.3) is 0 Å². The van der Waals surface area contributed by atoms with Crippen LogP contribution in [0.2, 0.25) is 0 Å². The molecule has 2 aromatic rings. The third-order valence-corrected chi connectivity index (χ3v) is 3.32. The largest absolute Gasteiger partial charge is 0.493 e. The molecule has 19 heavy (non-hydrogen) atoms. The van der Waals surface area contributed by atoms with Crippen molar-refractivity contribution in [1.29, 1.82) is 0 Å². The molecule has 4 heteroatoms. The summed E-state index contributed by atoms with van der Waals surface area (Å²) in [6, 6.07) is 10.4. The highest BCUT2D eigenvalue weighted by Crippen LogP contribution is 2.33. The molecule has 0 radical (unpaired) electrons. The number of benzene rings is 1. The molecule has 0 bridgehead atoms. The first kappa shape index (κ1) is 12.0. The predicted octanol–water partition coefficient (Wildman–Crippen LogP) is 3.11. The van der Waals surface area contributed by atoms with E-state index in [1.165, 1.54) is 5.56 Å². The minimum absolute atomic E-state index is 0.244. The van der Waals surface area contributed by atoms with Gasteiger partial charge in [-0.25, -0.2) is 9.97 Å². The molecule has 1 aliphatic rings. The fraction of sp³-hybridized carbons (Fsp3) is 0.333. The van der Waals surface area contributed by atoms with Gasteiger partial charge >= 0.3 is 0 Å². The molecule has 1 unspecified atom stereocenters. The number of ether oxygens (including phenoxy) is 1. The topological polar surface area (TPSA) is 47.0 Å². The van der Waals surface area contributed by atoms with E-state index in [1.54, 1.807) is 6.33 Å². The van der Waals surface area contributed by atoms with Gasteiger partial charge < -0.3 is 10.1 Å². The molecule has 1 aromatic carbocycles. The average Bonchev–Trinajstić information content (AvgIpc) is 2.62. The standard InChI is InChI=1S/C15H17N3O/c1-11-9-15(17-10-16-11)18-13-6-4-8-19-14-7-3-2-5-12(13)14/h2-3,5,7,9-10,13H,4,6,8H2,1H3,(H,16,17,18). The SMILES string of the molecule is Cc1cc(NC2CCCOc3ccccc32)ncn1. The lowest BCUT2D eigenvalue weighted by Gasteiger charge is -2.18. The van der Waals surface area contributed by atoms with Crippen LogP contribution in [0, 0.1) is 6.92 Å². The molecule has 0 spiro atoms. The zero-order valence-corrected chi connectivity index (χ0v) is 11.0. The summed E-state index contributed by atoms with van der Waals surface area (Å²) >= 11 is 0. The Morgan fingerprint density at radius 3 is 3.05 bits per heavy atom. The van der Waals surface area contributed by atoms with Crippen LogP contribution in [0.15, 0.2) is 36.7 Å². The highest BCUT2D eigenvalue weighted by Gasteiger charge is 2.19. The van der Waals surface area contributed by atoms with Crippen LogP contribution in [0.3, 0.4) is 0 Å². The molecule has 4 nitrogen and oxygen atoms in total. The van der Waals surface area contributed by atoms with E-state index in [0.29, 0.717) is 0 Å². The predicted molar refractivity (Wildman–Crippen MR) is 74.3 cm³/mol. The lowest BCUT2D eigenvalue weighted by molar-refractivity contribution is 0.316. The van der Waals surface area contributed by atoms with Crippen molar-refractivity contribution in [3.8, 4) is 5.75 Å². The summed E-state index contributed by atoms with van der Waals surface area (Å²) in [5.41, 5.74) is 2.17. The zero-order chi connectivity index (χ0) is 13.1. The number of anilines is 1. The van der Waals surface area contributed by atoms with Crippen molar-refractivity contribution in [1.82, 2.24) is 9.97 Å². The monoisotopic (exact) mass is 255 g/mol. The first-order chi connectivity index (χ1) is 9.33. The molecular weight excluding hydrogens is 238 g/mol. The number of fused-ring (bicyclic) bond motifs is 1. The van der Waals surface area contributed by atoms with Crippen LogP contribution in [-0.2, 0) is 0 Å². The van der Waals surface area contributed by atoms with E-state index in [2.05, 4.69) is 21.4 Å². The number of hydrogen-bond acceptors (Lipinski definition) is 4. The van der Waals surface area contributed by atoms with Crippen LogP contribution in [0.5, 0.6) is 5.75 Å². The molecule has 1 atom stereocenters. The Morgan fingerprint density at radius 2 is 2.16 bits per heavy atom. The Labute approximate surface area is 112 Å². The quantitative estimate of drug-likeness (QED) is 0.895. The smallest absolute Gasteiger partial charge is 0.130 e. The minimum atomic E-state index is 0.244. The fourth-order valence-electron chi connectivity index (χ4n) is 2.39. The second kappa shape index (κ2) is 5.26. The van der Waals surface area contributed by atoms with Crippen molar-refractivity contribution in [2.45, 2.75) is 25.8 Å². The van der Waals surface area contributed by atoms with Gasteiger partial charge in [-0.3, -0.25) is 0 Å². The molecule has 0 amide bonds. The van der Waals surface area contributed by atoms with Gasteiger partial charge in [0.1, 0.15) is 17.9 Å². The highest BCUT2D eigenvalue weighted by molar-refractivity contribution is 5.44. The number of nitrogens with zero attached hydrogens (tertiary/aromatic N) is 2. The molecule has 1 aromatic heterocycles. The maximum absolute atomic E-state index is 5.77. The van der Waals surface area contributed by atoms with Gasteiger partial charge in [-0.2, -0.15) is 0 Å². The van der Waals surface area contributed by atoms with Crippen molar-refractivity contribution in [2.24, 2.45) is 0 Å². The Bertz CT molecular complexity index is 571. The first-order valence-electron chi connectivity index (χ1n) is 6.60. The molecule has 0 aliphatic carbocycles. The Balaban J connectivity index is 1.88. The van der Waals surface area contributed by atoms with Gasteiger partial charge in [0, 0.05) is 17.3 Å². The van der Waals surface area contributed by atoms with Crippen molar-refractivity contribution in [3.63, 3.8) is 0 Å². The Hall–Kier alpha value is -2.10. The lowest BCUT2D eigenvalue weighted by Crippen LogP contribution is -2.11. The van der Waals surface area contributed by atoms with E-state index < -0.39 is 0 Å². The molecule has 1 N–H and O–H groups in total. The second-order valence-corrected chi connectivity index (χ2v) is 4.77. The molecule has 3 rings (SSSR count). The van der Waals surface area contributed by atoms with Gasteiger partial charge in [-0.1, -0.05) is 18.2 Å². The van der Waals surface area contributed by atoms with Gasteiger partial charge in [-0.05, 0) is 25.8 Å². The molecule has 2 heterocycles. The molecule has 0 saturated heterocycles. The Kier molecular flexibility index (Phi) is 3.31. The summed E-state index contributed by atoms with van der Waals surface area (Å²) in [5.74, 6) is 1.84. The number of aryl methyl sites for hydroxylation is 1. The van der Waals surface area contributed by atoms with Gasteiger partial charge in [0.15, 0.2) is 0 Å². The van der Waals surface area contributed by atoms with Crippen molar-refractivity contribution in [3.05, 3.63) is 47.9 Å². The van der Waals surface area contributed by atoms with E-state index in [4.69, 9.17) is 4.74 Å². The molecular formula is C15H17N3O. The van der Waals surface area contributed by atoms with Crippen molar-refractivity contribution < 1.29 is 4.74 Å². The van der Waals surface area contributed by atoms with Crippen molar-refractivity contribution in [2.75, 3.05) is 11.9 Å². The summed E-state index contributed by atoms with van der Waals surface area (Å²) in [7, 11) is 0. The van der Waals surface area contributed by atoms with Crippen LogP contribution in [0.25, 0.3) is 0 Å². The summed E-state index contributed by atoms with van der Waals surface area (Å²) in [4.78, 5) is 8.39. The van der Waals surface area contributed by atoms with Crippen LogP contribution in [0.1, 0.15) is 30.1 Å². The molecule has 1 aliphatic heterocycles. The molecule has 0 saturated carbocycles. The summed E-state index contributed by atoms with van der Waals surface area (Å²) in [6.45, 7) is 2.75. The third kappa shape index (κ3) is 2.67. The maximum Gasteiger partial charge on any atom is 0.130 e. The van der Waals surface area contributed by atoms with E-state index in [-0.39, 0.29) is 6.04 Å². The number of rotatable bonds is 2. The highest BCUT2D eigenvalue weighted by atomic mass is 16.5. The summed E-state index contributed by atoms with van der Waals surface area (Å²) in [6.07, 6.45) is 3.67. The van der Waals surface area contributed by atoms with E-state index in [9.17, 15) is 0 Å². The summed E-state index contributed by atoms with van der Waals surface area (Å²) in [5, 5.41) is 3.49. The van der Waals surface area contributed by atoms with E-state index in [1.807, 2.05) is 31.2 Å². The summed E-state index contributed by atoms with van der Waals surface area (Å²) < 4.78 is 5.77. The van der Waals surface area contributed by atoms with Crippen LogP contribution < -0.4 is 10.1 Å². The number of nitrogens with one attached hydrogen (secondary N) is 1. The van der Waals surface area contributed by atoms with Gasteiger partial charge in [-0.15, -0.1) is 0 Å².